The highest BCUT2D eigenvalue weighted by Crippen LogP contribution is 2.35. The predicted octanol–water partition coefficient (Wildman–Crippen LogP) is 3.03. The van der Waals surface area contributed by atoms with Crippen molar-refractivity contribution in [2.24, 2.45) is 0 Å². The molecule has 2 nitrogen and oxygen atoms in total. The molecule has 1 aliphatic rings. The van der Waals surface area contributed by atoms with E-state index in [9.17, 15) is 0 Å². The van der Waals surface area contributed by atoms with Gasteiger partial charge in [-0.1, -0.05) is 6.08 Å². The summed E-state index contributed by atoms with van der Waals surface area (Å²) in [4.78, 5) is 4.12. The number of hydrogen-bond donors (Lipinski definition) is 0. The lowest BCUT2D eigenvalue weighted by Gasteiger charge is -2.27. The molecule has 0 aliphatic carbocycles. The Kier molecular flexibility index (Phi) is 1.91. The zero-order valence-electron chi connectivity index (χ0n) is 7.54. The smallest absolute Gasteiger partial charge is 0.160 e. The number of fused-ring (bicyclic) bond motifs is 1. The zero-order valence-corrected chi connectivity index (χ0v) is 9.13. The standard InChI is InChI=1S/C10H10BrNO/c1-10(2)5-3-7-4-6-12-9(11)8(7)13-10/h3-6H,1-2H3. The van der Waals surface area contributed by atoms with E-state index in [1.54, 1.807) is 6.20 Å². The van der Waals surface area contributed by atoms with Crippen molar-refractivity contribution >= 4 is 22.0 Å². The summed E-state index contributed by atoms with van der Waals surface area (Å²) in [6, 6.07) is 1.94. The molecule has 0 saturated carbocycles. The van der Waals surface area contributed by atoms with Gasteiger partial charge in [-0.2, -0.15) is 0 Å². The van der Waals surface area contributed by atoms with Gasteiger partial charge in [-0.25, -0.2) is 4.98 Å². The molecule has 2 rings (SSSR count). The highest BCUT2D eigenvalue weighted by atomic mass is 79.9. The quantitative estimate of drug-likeness (QED) is 0.650. The van der Waals surface area contributed by atoms with Crippen LogP contribution < -0.4 is 4.74 Å². The van der Waals surface area contributed by atoms with Crippen LogP contribution in [0.5, 0.6) is 5.75 Å². The Labute approximate surface area is 85.8 Å². The maximum absolute atomic E-state index is 5.75. The van der Waals surface area contributed by atoms with E-state index < -0.39 is 0 Å². The van der Waals surface area contributed by atoms with Gasteiger partial charge in [-0.3, -0.25) is 0 Å². The van der Waals surface area contributed by atoms with E-state index in [1.165, 1.54) is 0 Å². The van der Waals surface area contributed by atoms with Gasteiger partial charge in [0.1, 0.15) is 10.2 Å². The number of hydrogen-bond acceptors (Lipinski definition) is 2. The first-order valence-electron chi connectivity index (χ1n) is 4.11. The normalized spacial score (nSPS) is 17.8. The molecular weight excluding hydrogens is 230 g/mol. The third kappa shape index (κ3) is 1.61. The molecule has 0 bridgehead atoms. The van der Waals surface area contributed by atoms with Crippen LogP contribution in [0.3, 0.4) is 0 Å². The van der Waals surface area contributed by atoms with Gasteiger partial charge in [0.25, 0.3) is 0 Å². The number of aromatic nitrogens is 1. The molecule has 3 heteroatoms. The SMILES string of the molecule is CC1(C)C=Cc2ccnc(Br)c2O1. The molecule has 68 valence electrons. The lowest BCUT2D eigenvalue weighted by atomic mass is 10.0. The Morgan fingerprint density at radius 3 is 3.00 bits per heavy atom. The topological polar surface area (TPSA) is 22.1 Å². The Bertz CT molecular complexity index is 371. The minimum Gasteiger partial charge on any atom is -0.480 e. The Hall–Kier alpha value is -0.830. The predicted molar refractivity (Wildman–Crippen MR) is 55.7 cm³/mol. The maximum Gasteiger partial charge on any atom is 0.160 e. The lowest BCUT2D eigenvalue weighted by Crippen LogP contribution is -2.27. The highest BCUT2D eigenvalue weighted by molar-refractivity contribution is 9.10. The molecule has 1 aromatic rings. The van der Waals surface area contributed by atoms with Crippen molar-refractivity contribution in [1.29, 1.82) is 0 Å². The van der Waals surface area contributed by atoms with Gasteiger partial charge in [0.05, 0.1) is 0 Å². The minimum absolute atomic E-state index is 0.238. The van der Waals surface area contributed by atoms with Crippen LogP contribution >= 0.6 is 15.9 Å². The van der Waals surface area contributed by atoms with Crippen LogP contribution in [0.25, 0.3) is 6.08 Å². The minimum atomic E-state index is -0.238. The van der Waals surface area contributed by atoms with E-state index in [-0.39, 0.29) is 5.60 Å². The third-order valence-electron chi connectivity index (χ3n) is 1.92. The van der Waals surface area contributed by atoms with Crippen molar-refractivity contribution in [3.8, 4) is 5.75 Å². The second-order valence-corrected chi connectivity index (χ2v) is 4.31. The average molecular weight is 240 g/mol. The highest BCUT2D eigenvalue weighted by Gasteiger charge is 2.23. The Morgan fingerprint density at radius 1 is 1.46 bits per heavy atom. The molecule has 1 aliphatic heterocycles. The van der Waals surface area contributed by atoms with Crippen LogP contribution in [0.15, 0.2) is 22.9 Å². The molecule has 0 aromatic carbocycles. The fourth-order valence-electron chi connectivity index (χ4n) is 1.26. The van der Waals surface area contributed by atoms with Crippen LogP contribution in [0.1, 0.15) is 19.4 Å². The van der Waals surface area contributed by atoms with Crippen LogP contribution in [0, 0.1) is 0 Å². The molecule has 0 saturated heterocycles. The summed E-state index contributed by atoms with van der Waals surface area (Å²) in [6.07, 6.45) is 5.86. The molecular formula is C10H10BrNO. The van der Waals surface area contributed by atoms with E-state index in [0.29, 0.717) is 0 Å². The summed E-state index contributed by atoms with van der Waals surface area (Å²) in [5, 5.41) is 0. The van der Waals surface area contributed by atoms with Gasteiger partial charge < -0.3 is 4.74 Å². The molecule has 2 heterocycles. The van der Waals surface area contributed by atoms with Crippen molar-refractivity contribution in [1.82, 2.24) is 4.98 Å². The summed E-state index contributed by atoms with van der Waals surface area (Å²) in [5.74, 6) is 0.829. The molecule has 0 unspecified atom stereocenters. The molecule has 1 aromatic heterocycles. The number of rotatable bonds is 0. The molecule has 13 heavy (non-hydrogen) atoms. The largest absolute Gasteiger partial charge is 0.480 e. The summed E-state index contributed by atoms with van der Waals surface area (Å²) in [5.41, 5.74) is 0.833. The molecule has 0 atom stereocenters. The third-order valence-corrected chi connectivity index (χ3v) is 2.49. The van der Waals surface area contributed by atoms with Gasteiger partial charge in [-0.15, -0.1) is 0 Å². The number of pyridine rings is 1. The first-order chi connectivity index (χ1) is 6.08. The molecule has 0 N–H and O–H groups in total. The summed E-state index contributed by atoms with van der Waals surface area (Å²) in [7, 11) is 0. The number of ether oxygens (including phenoxy) is 1. The Balaban J connectivity index is 2.54. The average Bonchev–Trinajstić information content (AvgIpc) is 2.06. The fourth-order valence-corrected chi connectivity index (χ4v) is 1.68. The van der Waals surface area contributed by atoms with Crippen molar-refractivity contribution in [2.45, 2.75) is 19.4 Å². The zero-order chi connectivity index (χ0) is 9.47. The lowest BCUT2D eigenvalue weighted by molar-refractivity contribution is 0.157. The van der Waals surface area contributed by atoms with Crippen molar-refractivity contribution < 1.29 is 4.74 Å². The summed E-state index contributed by atoms with van der Waals surface area (Å²) in [6.45, 7) is 4.04. The van der Waals surface area contributed by atoms with E-state index in [0.717, 1.165) is 15.9 Å². The first-order valence-corrected chi connectivity index (χ1v) is 4.90. The van der Waals surface area contributed by atoms with Crippen LogP contribution in [-0.2, 0) is 0 Å². The van der Waals surface area contributed by atoms with E-state index in [2.05, 4.69) is 27.0 Å². The van der Waals surface area contributed by atoms with Gasteiger partial charge in [-0.05, 0) is 41.9 Å². The second-order valence-electron chi connectivity index (χ2n) is 3.56. The summed E-state index contributed by atoms with van der Waals surface area (Å²) >= 11 is 3.36. The van der Waals surface area contributed by atoms with Gasteiger partial charge in [0, 0.05) is 11.8 Å². The Morgan fingerprint density at radius 2 is 2.23 bits per heavy atom. The monoisotopic (exact) mass is 239 g/mol. The van der Waals surface area contributed by atoms with Crippen molar-refractivity contribution in [3.63, 3.8) is 0 Å². The fraction of sp³-hybridized carbons (Fsp3) is 0.300. The van der Waals surface area contributed by atoms with Crippen molar-refractivity contribution in [2.75, 3.05) is 0 Å². The number of nitrogens with zero attached hydrogens (tertiary/aromatic N) is 1. The van der Waals surface area contributed by atoms with Gasteiger partial charge in [0.2, 0.25) is 0 Å². The maximum atomic E-state index is 5.75. The molecule has 0 amide bonds. The van der Waals surface area contributed by atoms with Gasteiger partial charge in [0.15, 0.2) is 5.75 Å². The molecule has 0 radical (unpaired) electrons. The van der Waals surface area contributed by atoms with Crippen molar-refractivity contribution in [3.05, 3.63) is 28.5 Å². The molecule has 0 fully saturated rings. The first kappa shape index (κ1) is 8.75. The van der Waals surface area contributed by atoms with E-state index in [1.807, 2.05) is 26.0 Å². The van der Waals surface area contributed by atoms with E-state index >= 15 is 0 Å². The number of halogens is 1. The van der Waals surface area contributed by atoms with Crippen LogP contribution in [0.2, 0.25) is 0 Å². The van der Waals surface area contributed by atoms with E-state index in [4.69, 9.17) is 4.74 Å². The molecule has 0 spiro atoms. The van der Waals surface area contributed by atoms with Gasteiger partial charge >= 0.3 is 0 Å². The summed E-state index contributed by atoms with van der Waals surface area (Å²) < 4.78 is 6.52. The second kappa shape index (κ2) is 2.84. The van der Waals surface area contributed by atoms with Crippen LogP contribution in [0.4, 0.5) is 0 Å². The van der Waals surface area contributed by atoms with Crippen LogP contribution in [-0.4, -0.2) is 10.6 Å².